The van der Waals surface area contributed by atoms with E-state index >= 15 is 0 Å². The first-order valence-corrected chi connectivity index (χ1v) is 8.32. The highest BCUT2D eigenvalue weighted by Crippen LogP contribution is 2.27. The summed E-state index contributed by atoms with van der Waals surface area (Å²) < 4.78 is 16.0. The van der Waals surface area contributed by atoms with E-state index in [1.165, 1.54) is 11.3 Å². The Kier molecular flexibility index (Phi) is 6.83. The molecule has 0 spiro atoms. The summed E-state index contributed by atoms with van der Waals surface area (Å²) in [6, 6.07) is 5.27. The highest BCUT2D eigenvalue weighted by molar-refractivity contribution is 7.09. The van der Waals surface area contributed by atoms with Gasteiger partial charge in [-0.25, -0.2) is 4.98 Å². The normalized spacial score (nSPS) is 10.3. The molecule has 0 bridgehead atoms. The number of methoxy groups -OCH3 is 2. The number of carbonyl (C=O) groups is 1. The van der Waals surface area contributed by atoms with E-state index in [1.54, 1.807) is 37.8 Å². The zero-order valence-electron chi connectivity index (χ0n) is 13.7. The average Bonchev–Trinajstić information content (AvgIpc) is 3.07. The molecule has 1 aromatic heterocycles. The van der Waals surface area contributed by atoms with Crippen molar-refractivity contribution >= 4 is 17.2 Å². The monoisotopic (exact) mass is 351 g/mol. The topological polar surface area (TPSA) is 95.7 Å². The van der Waals surface area contributed by atoms with Gasteiger partial charge in [-0.2, -0.15) is 0 Å². The molecule has 2 aromatic rings. The minimum Gasteiger partial charge on any atom is -0.496 e. The van der Waals surface area contributed by atoms with Crippen LogP contribution in [-0.2, 0) is 6.42 Å². The minimum atomic E-state index is -0.221. The molecule has 24 heavy (non-hydrogen) atoms. The first-order valence-electron chi connectivity index (χ1n) is 7.44. The Bertz CT molecular complexity index is 653. The Balaban J connectivity index is 1.80. The zero-order valence-corrected chi connectivity index (χ0v) is 14.5. The van der Waals surface area contributed by atoms with Gasteiger partial charge in [0, 0.05) is 30.0 Å². The second kappa shape index (κ2) is 9.09. The van der Waals surface area contributed by atoms with Crippen molar-refractivity contribution in [3.05, 3.63) is 34.3 Å². The maximum Gasteiger partial charge on any atom is 0.270 e. The molecule has 0 saturated heterocycles. The van der Waals surface area contributed by atoms with Crippen molar-refractivity contribution in [1.29, 1.82) is 0 Å². The van der Waals surface area contributed by atoms with Crippen LogP contribution in [0.2, 0.25) is 0 Å². The van der Waals surface area contributed by atoms with Crippen LogP contribution < -0.4 is 25.3 Å². The molecule has 0 aliphatic carbocycles. The van der Waals surface area contributed by atoms with Crippen molar-refractivity contribution in [2.45, 2.75) is 6.42 Å². The van der Waals surface area contributed by atoms with Crippen LogP contribution in [0.15, 0.2) is 23.6 Å². The molecule has 0 aliphatic rings. The summed E-state index contributed by atoms with van der Waals surface area (Å²) in [7, 11) is 3.15. The molecule has 0 unspecified atom stereocenters. The number of amides is 1. The van der Waals surface area contributed by atoms with Crippen molar-refractivity contribution in [3.8, 4) is 17.2 Å². The van der Waals surface area contributed by atoms with Gasteiger partial charge in [0.2, 0.25) is 0 Å². The molecular weight excluding hydrogens is 330 g/mol. The summed E-state index contributed by atoms with van der Waals surface area (Å²) in [5.41, 5.74) is 5.88. The molecule has 1 aromatic carbocycles. The van der Waals surface area contributed by atoms with Gasteiger partial charge in [-0.05, 0) is 6.54 Å². The van der Waals surface area contributed by atoms with E-state index in [0.29, 0.717) is 49.1 Å². The van der Waals surface area contributed by atoms with Crippen molar-refractivity contribution in [3.63, 3.8) is 0 Å². The van der Waals surface area contributed by atoms with Gasteiger partial charge >= 0.3 is 0 Å². The van der Waals surface area contributed by atoms with Crippen LogP contribution in [0.25, 0.3) is 0 Å². The summed E-state index contributed by atoms with van der Waals surface area (Å²) in [4.78, 5) is 16.2. The smallest absolute Gasteiger partial charge is 0.270 e. The van der Waals surface area contributed by atoms with Gasteiger partial charge < -0.3 is 25.3 Å². The van der Waals surface area contributed by atoms with E-state index in [2.05, 4.69) is 10.3 Å². The van der Waals surface area contributed by atoms with Crippen LogP contribution in [0.5, 0.6) is 17.2 Å². The molecule has 1 amide bonds. The molecule has 3 N–H and O–H groups in total. The van der Waals surface area contributed by atoms with Gasteiger partial charge in [0.25, 0.3) is 5.91 Å². The molecule has 0 atom stereocenters. The van der Waals surface area contributed by atoms with Crippen molar-refractivity contribution < 1.29 is 19.0 Å². The molecule has 1 heterocycles. The maximum atomic E-state index is 12.0. The second-order valence-corrected chi connectivity index (χ2v) is 5.76. The Morgan fingerprint density at radius 2 is 1.88 bits per heavy atom. The third kappa shape index (κ3) is 5.10. The Labute approximate surface area is 144 Å². The average molecular weight is 351 g/mol. The van der Waals surface area contributed by atoms with Crippen LogP contribution in [0.4, 0.5) is 0 Å². The predicted molar refractivity (Wildman–Crippen MR) is 92.2 cm³/mol. The first kappa shape index (κ1) is 18.0. The molecule has 2 rings (SSSR count). The lowest BCUT2D eigenvalue weighted by Gasteiger charge is -2.10. The summed E-state index contributed by atoms with van der Waals surface area (Å²) in [5.74, 6) is 1.67. The fourth-order valence-corrected chi connectivity index (χ4v) is 2.74. The summed E-state index contributed by atoms with van der Waals surface area (Å²) in [5, 5.41) is 5.36. The van der Waals surface area contributed by atoms with Crippen LogP contribution in [0, 0.1) is 0 Å². The van der Waals surface area contributed by atoms with Gasteiger partial charge in [-0.15, -0.1) is 11.3 Å². The molecule has 0 aliphatic heterocycles. The minimum absolute atomic E-state index is 0.221. The number of rotatable bonds is 9. The number of hydrogen-bond acceptors (Lipinski definition) is 7. The molecule has 0 saturated carbocycles. The summed E-state index contributed by atoms with van der Waals surface area (Å²) in [6.45, 7) is 1.20. The van der Waals surface area contributed by atoms with Gasteiger partial charge in [-0.3, -0.25) is 4.79 Å². The first-order chi connectivity index (χ1) is 11.7. The number of aromatic nitrogens is 1. The lowest BCUT2D eigenvalue weighted by molar-refractivity contribution is 0.0942. The van der Waals surface area contributed by atoms with E-state index in [9.17, 15) is 4.79 Å². The summed E-state index contributed by atoms with van der Waals surface area (Å²) >= 11 is 1.44. The number of nitrogens with two attached hydrogens (primary N) is 1. The Morgan fingerprint density at radius 1 is 1.21 bits per heavy atom. The maximum absolute atomic E-state index is 12.0. The van der Waals surface area contributed by atoms with Gasteiger partial charge in [-0.1, -0.05) is 0 Å². The molecular formula is C16H21N3O4S. The molecule has 0 radical (unpaired) electrons. The highest BCUT2D eigenvalue weighted by Gasteiger charge is 2.10. The number of nitrogens with one attached hydrogen (secondary N) is 1. The zero-order chi connectivity index (χ0) is 17.4. The van der Waals surface area contributed by atoms with E-state index in [4.69, 9.17) is 19.9 Å². The largest absolute Gasteiger partial charge is 0.496 e. The number of thiazole rings is 1. The van der Waals surface area contributed by atoms with Crippen molar-refractivity contribution in [2.75, 3.05) is 33.9 Å². The number of nitrogens with zero attached hydrogens (tertiary/aromatic N) is 1. The van der Waals surface area contributed by atoms with E-state index in [-0.39, 0.29) is 5.91 Å². The predicted octanol–water partition coefficient (Wildman–Crippen LogP) is 1.47. The molecule has 7 nitrogen and oxygen atoms in total. The van der Waals surface area contributed by atoms with E-state index in [0.717, 1.165) is 5.01 Å². The third-order valence-electron chi connectivity index (χ3n) is 3.12. The second-order valence-electron chi connectivity index (χ2n) is 4.82. The van der Waals surface area contributed by atoms with Crippen molar-refractivity contribution in [2.24, 2.45) is 5.73 Å². The highest BCUT2D eigenvalue weighted by atomic mass is 32.1. The molecule has 0 fully saturated rings. The molecule has 130 valence electrons. The number of ether oxygens (including phenoxy) is 3. The number of carbonyl (C=O) groups excluding carboxylic acids is 1. The number of benzene rings is 1. The van der Waals surface area contributed by atoms with Gasteiger partial charge in [0.05, 0.1) is 25.8 Å². The van der Waals surface area contributed by atoms with Crippen LogP contribution in [0.3, 0.4) is 0 Å². The van der Waals surface area contributed by atoms with Crippen LogP contribution >= 0.6 is 11.3 Å². The SMILES string of the molecule is COc1cc(OC)cc(OCCNC(=O)c2csc(CCN)n2)c1. The van der Waals surface area contributed by atoms with Crippen LogP contribution in [0.1, 0.15) is 15.5 Å². The fraction of sp³-hybridized carbons (Fsp3) is 0.375. The lowest BCUT2D eigenvalue weighted by atomic mass is 10.3. The Morgan fingerprint density at radius 3 is 2.50 bits per heavy atom. The third-order valence-corrected chi connectivity index (χ3v) is 4.03. The van der Waals surface area contributed by atoms with Crippen molar-refractivity contribution in [1.82, 2.24) is 10.3 Å². The van der Waals surface area contributed by atoms with Crippen LogP contribution in [-0.4, -0.2) is 44.8 Å². The number of hydrogen-bond donors (Lipinski definition) is 2. The fourth-order valence-electron chi connectivity index (χ4n) is 1.94. The van der Waals surface area contributed by atoms with E-state index < -0.39 is 0 Å². The summed E-state index contributed by atoms with van der Waals surface area (Å²) in [6.07, 6.45) is 0.679. The molecule has 8 heteroatoms. The van der Waals surface area contributed by atoms with Gasteiger partial charge in [0.15, 0.2) is 0 Å². The van der Waals surface area contributed by atoms with Gasteiger partial charge in [0.1, 0.15) is 29.5 Å². The standard InChI is InChI=1S/C16H21N3O4S/c1-21-11-7-12(22-2)9-13(8-11)23-6-5-18-16(20)14-10-24-15(19-14)3-4-17/h7-10H,3-6,17H2,1-2H3,(H,18,20). The van der Waals surface area contributed by atoms with E-state index in [1.807, 2.05) is 0 Å². The lowest BCUT2D eigenvalue weighted by Crippen LogP contribution is -2.28. The Hall–Kier alpha value is -2.32. The quantitative estimate of drug-likeness (QED) is 0.664.